The number of benzene rings is 2. The molecule has 6 nitrogen and oxygen atoms in total. The summed E-state index contributed by atoms with van der Waals surface area (Å²) in [6.45, 7) is -0.149. The Hall–Kier alpha value is -2.42. The van der Waals surface area contributed by atoms with E-state index in [-0.39, 0.29) is 24.3 Å². The fraction of sp³-hybridized carbons (Fsp3) is 0.118. The molecule has 24 heavy (non-hydrogen) atoms. The minimum atomic E-state index is -0.374. The molecule has 1 aliphatic rings. The van der Waals surface area contributed by atoms with Crippen molar-refractivity contribution in [2.75, 3.05) is 19.0 Å². The molecule has 1 aliphatic heterocycles. The number of amides is 3. The van der Waals surface area contributed by atoms with Gasteiger partial charge in [0.2, 0.25) is 0 Å². The van der Waals surface area contributed by atoms with Crippen LogP contribution in [0.25, 0.3) is 0 Å². The van der Waals surface area contributed by atoms with Crippen LogP contribution in [0.4, 0.5) is 5.69 Å². The summed E-state index contributed by atoms with van der Waals surface area (Å²) >= 11 is 2.16. The van der Waals surface area contributed by atoms with E-state index >= 15 is 0 Å². The second-order valence-electron chi connectivity index (χ2n) is 5.22. The van der Waals surface area contributed by atoms with Gasteiger partial charge in [0.15, 0.2) is 6.61 Å². The van der Waals surface area contributed by atoms with E-state index in [4.69, 9.17) is 4.74 Å². The summed E-state index contributed by atoms with van der Waals surface area (Å²) < 4.78 is 6.43. The van der Waals surface area contributed by atoms with E-state index in [2.05, 4.69) is 27.9 Å². The number of hydrogen-bond acceptors (Lipinski definition) is 4. The van der Waals surface area contributed by atoms with Crippen LogP contribution in [-0.4, -0.2) is 36.3 Å². The van der Waals surface area contributed by atoms with Gasteiger partial charge in [-0.1, -0.05) is 6.07 Å². The number of nitrogens with one attached hydrogen (secondary N) is 1. The second-order valence-corrected chi connectivity index (χ2v) is 6.47. The number of hydrogen-bond donors (Lipinski definition) is 1. The molecule has 0 saturated heterocycles. The molecule has 0 radical (unpaired) electrons. The third-order valence-corrected chi connectivity index (χ3v) is 4.21. The standard InChI is InChI=1S/C17H13IN2O4/c1-20-16(22)13-6-5-11(8-14(13)17(20)23)19-15(21)9-24-12-4-2-3-10(18)7-12/h2-8H,9H2,1H3,(H,19,21). The summed E-state index contributed by atoms with van der Waals surface area (Å²) in [5, 5.41) is 2.66. The first-order valence-corrected chi connectivity index (χ1v) is 8.18. The minimum absolute atomic E-state index is 0.149. The van der Waals surface area contributed by atoms with Gasteiger partial charge in [0.05, 0.1) is 11.1 Å². The van der Waals surface area contributed by atoms with Crippen LogP contribution in [0.5, 0.6) is 5.75 Å². The molecule has 0 atom stereocenters. The van der Waals surface area contributed by atoms with Crippen molar-refractivity contribution in [3.8, 4) is 5.75 Å². The van der Waals surface area contributed by atoms with Crippen LogP contribution in [0.3, 0.4) is 0 Å². The average molecular weight is 436 g/mol. The number of nitrogens with zero attached hydrogens (tertiary/aromatic N) is 1. The molecule has 0 saturated carbocycles. The van der Waals surface area contributed by atoms with Gasteiger partial charge in [-0.3, -0.25) is 19.3 Å². The van der Waals surface area contributed by atoms with Crippen LogP contribution in [0.15, 0.2) is 42.5 Å². The van der Waals surface area contributed by atoms with E-state index in [1.165, 1.54) is 19.2 Å². The fourth-order valence-corrected chi connectivity index (χ4v) is 2.86. The molecule has 7 heteroatoms. The number of rotatable bonds is 4. The van der Waals surface area contributed by atoms with E-state index < -0.39 is 0 Å². The third kappa shape index (κ3) is 3.25. The van der Waals surface area contributed by atoms with Crippen LogP contribution in [0.1, 0.15) is 20.7 Å². The Morgan fingerprint density at radius 2 is 1.88 bits per heavy atom. The number of anilines is 1. The van der Waals surface area contributed by atoms with Gasteiger partial charge < -0.3 is 10.1 Å². The van der Waals surface area contributed by atoms with Gasteiger partial charge in [-0.2, -0.15) is 0 Å². The number of carbonyl (C=O) groups is 3. The molecule has 0 aromatic heterocycles. The van der Waals surface area contributed by atoms with Gasteiger partial charge >= 0.3 is 0 Å². The van der Waals surface area contributed by atoms with Crippen molar-refractivity contribution >= 4 is 46.0 Å². The monoisotopic (exact) mass is 436 g/mol. The van der Waals surface area contributed by atoms with E-state index in [9.17, 15) is 14.4 Å². The molecule has 2 aromatic carbocycles. The van der Waals surface area contributed by atoms with Crippen LogP contribution in [0.2, 0.25) is 0 Å². The highest BCUT2D eigenvalue weighted by molar-refractivity contribution is 14.1. The summed E-state index contributed by atoms with van der Waals surface area (Å²) in [6, 6.07) is 12.0. The SMILES string of the molecule is CN1C(=O)c2ccc(NC(=O)COc3cccc(I)c3)cc2C1=O. The third-order valence-electron chi connectivity index (χ3n) is 3.54. The van der Waals surface area contributed by atoms with Crippen molar-refractivity contribution in [1.82, 2.24) is 4.90 Å². The van der Waals surface area contributed by atoms with Gasteiger partial charge in [0.1, 0.15) is 5.75 Å². The van der Waals surface area contributed by atoms with Crippen molar-refractivity contribution in [1.29, 1.82) is 0 Å². The van der Waals surface area contributed by atoms with Gasteiger partial charge in [-0.15, -0.1) is 0 Å². The smallest absolute Gasteiger partial charge is 0.262 e. The molecule has 0 bridgehead atoms. The van der Waals surface area contributed by atoms with E-state index in [0.717, 1.165) is 8.47 Å². The number of carbonyl (C=O) groups excluding carboxylic acids is 3. The van der Waals surface area contributed by atoms with E-state index in [1.54, 1.807) is 12.1 Å². The summed E-state index contributed by atoms with van der Waals surface area (Å²) in [5.41, 5.74) is 1.08. The summed E-state index contributed by atoms with van der Waals surface area (Å²) in [7, 11) is 1.43. The molecule has 0 fully saturated rings. The maximum Gasteiger partial charge on any atom is 0.262 e. The number of fused-ring (bicyclic) bond motifs is 1. The quantitative estimate of drug-likeness (QED) is 0.591. The Bertz CT molecular complexity index is 850. The lowest BCUT2D eigenvalue weighted by Gasteiger charge is -2.08. The van der Waals surface area contributed by atoms with Crippen LogP contribution >= 0.6 is 22.6 Å². The first-order valence-electron chi connectivity index (χ1n) is 7.10. The second kappa shape index (κ2) is 6.60. The van der Waals surface area contributed by atoms with Crippen molar-refractivity contribution in [3.63, 3.8) is 0 Å². The fourth-order valence-electron chi connectivity index (χ4n) is 2.34. The molecule has 3 amide bonds. The van der Waals surface area contributed by atoms with Crippen molar-refractivity contribution in [3.05, 3.63) is 57.2 Å². The van der Waals surface area contributed by atoms with E-state index in [1.807, 2.05) is 18.2 Å². The van der Waals surface area contributed by atoms with Gasteiger partial charge in [0, 0.05) is 16.3 Å². The molecule has 2 aromatic rings. The van der Waals surface area contributed by atoms with Crippen molar-refractivity contribution in [2.45, 2.75) is 0 Å². The number of imide groups is 1. The number of halogens is 1. The highest BCUT2D eigenvalue weighted by Crippen LogP contribution is 2.24. The summed E-state index contributed by atoms with van der Waals surface area (Å²) in [6.07, 6.45) is 0. The summed E-state index contributed by atoms with van der Waals surface area (Å²) in [5.74, 6) is -0.455. The highest BCUT2D eigenvalue weighted by Gasteiger charge is 2.32. The summed E-state index contributed by atoms with van der Waals surface area (Å²) in [4.78, 5) is 36.8. The molecule has 122 valence electrons. The Labute approximate surface area is 151 Å². The maximum absolute atomic E-state index is 12.0. The minimum Gasteiger partial charge on any atom is -0.484 e. The average Bonchev–Trinajstić information content (AvgIpc) is 2.77. The molecule has 0 unspecified atom stereocenters. The van der Waals surface area contributed by atoms with Crippen LogP contribution < -0.4 is 10.1 Å². The lowest BCUT2D eigenvalue weighted by atomic mass is 10.1. The lowest BCUT2D eigenvalue weighted by molar-refractivity contribution is -0.118. The zero-order chi connectivity index (χ0) is 17.3. The molecule has 1 N–H and O–H groups in total. The predicted octanol–water partition coefficient (Wildman–Crippen LogP) is 2.53. The topological polar surface area (TPSA) is 75.7 Å². The van der Waals surface area contributed by atoms with Crippen LogP contribution in [0, 0.1) is 3.57 Å². The Kier molecular flexibility index (Phi) is 4.52. The maximum atomic E-state index is 12.0. The number of ether oxygens (including phenoxy) is 1. The Morgan fingerprint density at radius 1 is 1.12 bits per heavy atom. The largest absolute Gasteiger partial charge is 0.484 e. The van der Waals surface area contributed by atoms with E-state index in [0.29, 0.717) is 22.6 Å². The highest BCUT2D eigenvalue weighted by atomic mass is 127. The lowest BCUT2D eigenvalue weighted by Crippen LogP contribution is -2.24. The van der Waals surface area contributed by atoms with Gasteiger partial charge in [0.25, 0.3) is 17.7 Å². The first-order chi connectivity index (χ1) is 11.5. The van der Waals surface area contributed by atoms with Gasteiger partial charge in [-0.25, -0.2) is 0 Å². The van der Waals surface area contributed by atoms with Crippen molar-refractivity contribution in [2.24, 2.45) is 0 Å². The molecule has 0 spiro atoms. The Morgan fingerprint density at radius 3 is 2.62 bits per heavy atom. The molecule has 3 rings (SSSR count). The Balaban J connectivity index is 1.65. The van der Waals surface area contributed by atoms with Crippen LogP contribution in [-0.2, 0) is 4.79 Å². The molecule has 1 heterocycles. The predicted molar refractivity (Wildman–Crippen MR) is 96.1 cm³/mol. The normalized spacial score (nSPS) is 13.0. The first kappa shape index (κ1) is 16.4. The van der Waals surface area contributed by atoms with Gasteiger partial charge in [-0.05, 0) is 59.0 Å². The zero-order valence-electron chi connectivity index (χ0n) is 12.7. The zero-order valence-corrected chi connectivity index (χ0v) is 14.9. The molecule has 0 aliphatic carbocycles. The molecular weight excluding hydrogens is 423 g/mol. The molecular formula is C17H13IN2O4. The van der Waals surface area contributed by atoms with Crippen molar-refractivity contribution < 1.29 is 19.1 Å².